The quantitative estimate of drug-likeness (QED) is 0.0403. The summed E-state index contributed by atoms with van der Waals surface area (Å²) >= 11 is 0. The molecule has 2 atom stereocenters. The lowest BCUT2D eigenvalue weighted by Crippen LogP contribution is -2.48. The number of ether oxygens (including phenoxy) is 2. The molecule has 0 saturated heterocycles. The van der Waals surface area contributed by atoms with Gasteiger partial charge in [-0.25, -0.2) is 9.59 Å². The summed E-state index contributed by atoms with van der Waals surface area (Å²) in [5.74, 6) is -0.409. The molecule has 10 nitrogen and oxygen atoms in total. The standard InChI is InChI=1S/C39H77N3O7/c1-3-5-7-9-11-13-15-17-19-21-23-27-31-48-34-35(49-32-28-24-22-20-18-16-14-12-10-8-6-4-2)33-41-37(43)36(42-39(46)47)29-25-26-30-40-38(44)45/h35-36,40,42H,3-34H2,1-2H3,(H,41,43)(H,44,45)(H,46,47)/t35?,36-/m0/s1. The number of amides is 3. The number of nitrogens with one attached hydrogen (secondary N) is 3. The SMILES string of the molecule is CCCCCCCCCCCCCCOCC(CNC(=O)[C@H](CCCCNC(=O)O)NC(=O)O)OCCCCCCCCCCCCCC. The van der Waals surface area contributed by atoms with Crippen molar-refractivity contribution in [2.45, 2.75) is 199 Å². The minimum absolute atomic E-state index is 0.244. The van der Waals surface area contributed by atoms with Gasteiger partial charge in [-0.05, 0) is 32.1 Å². The molecular weight excluding hydrogens is 622 g/mol. The zero-order valence-corrected chi connectivity index (χ0v) is 31.7. The van der Waals surface area contributed by atoms with Crippen LogP contribution in [0.15, 0.2) is 0 Å². The highest BCUT2D eigenvalue weighted by molar-refractivity contribution is 5.85. The van der Waals surface area contributed by atoms with Crippen molar-refractivity contribution in [3.63, 3.8) is 0 Å². The Kier molecular flexibility index (Phi) is 35.6. The molecule has 5 N–H and O–H groups in total. The third kappa shape index (κ3) is 35.6. The lowest BCUT2D eigenvalue weighted by molar-refractivity contribution is -0.124. The maximum absolute atomic E-state index is 12.9. The molecule has 0 aromatic rings. The highest BCUT2D eigenvalue weighted by atomic mass is 16.5. The molecule has 3 amide bonds. The lowest BCUT2D eigenvalue weighted by Gasteiger charge is -2.21. The van der Waals surface area contributed by atoms with Gasteiger partial charge in [-0.2, -0.15) is 0 Å². The topological polar surface area (TPSA) is 146 Å². The number of hydrogen-bond donors (Lipinski definition) is 5. The molecule has 0 bridgehead atoms. The first-order valence-electron chi connectivity index (χ1n) is 20.3. The maximum atomic E-state index is 12.9. The summed E-state index contributed by atoms with van der Waals surface area (Å²) in [4.78, 5) is 34.9. The summed E-state index contributed by atoms with van der Waals surface area (Å²) in [6.07, 6.45) is 29.4. The average molecular weight is 700 g/mol. The largest absolute Gasteiger partial charge is 0.465 e. The normalized spacial score (nSPS) is 12.4. The van der Waals surface area contributed by atoms with E-state index in [1.165, 1.54) is 128 Å². The van der Waals surface area contributed by atoms with Gasteiger partial charge in [0, 0.05) is 26.3 Å². The number of unbranched alkanes of at least 4 members (excludes halogenated alkanes) is 23. The first kappa shape index (κ1) is 46.9. The fourth-order valence-corrected chi connectivity index (χ4v) is 6.04. The maximum Gasteiger partial charge on any atom is 0.405 e. The predicted molar refractivity (Wildman–Crippen MR) is 201 cm³/mol. The van der Waals surface area contributed by atoms with Crippen molar-refractivity contribution >= 4 is 18.1 Å². The van der Waals surface area contributed by atoms with E-state index in [4.69, 9.17) is 14.6 Å². The fourth-order valence-electron chi connectivity index (χ4n) is 6.04. The van der Waals surface area contributed by atoms with Crippen molar-refractivity contribution in [3.05, 3.63) is 0 Å². The molecule has 0 rings (SSSR count). The van der Waals surface area contributed by atoms with E-state index in [0.29, 0.717) is 32.7 Å². The van der Waals surface area contributed by atoms with Crippen molar-refractivity contribution in [2.75, 3.05) is 32.9 Å². The monoisotopic (exact) mass is 700 g/mol. The summed E-state index contributed by atoms with van der Waals surface area (Å²) in [7, 11) is 0. The van der Waals surface area contributed by atoms with Gasteiger partial charge < -0.3 is 35.6 Å². The Bertz CT molecular complexity index is 756. The average Bonchev–Trinajstić information content (AvgIpc) is 3.07. The summed E-state index contributed by atoms with van der Waals surface area (Å²) < 4.78 is 12.1. The van der Waals surface area contributed by atoms with Crippen LogP contribution in [0.1, 0.15) is 187 Å². The third-order valence-electron chi connectivity index (χ3n) is 9.11. The van der Waals surface area contributed by atoms with Crippen LogP contribution in [-0.2, 0) is 14.3 Å². The molecule has 0 aliphatic rings. The number of rotatable bonds is 38. The summed E-state index contributed by atoms with van der Waals surface area (Å²) in [6, 6.07) is -0.915. The molecular formula is C39H77N3O7. The summed E-state index contributed by atoms with van der Waals surface area (Å²) in [5, 5.41) is 25.4. The number of carbonyl (C=O) groups is 3. The van der Waals surface area contributed by atoms with Gasteiger partial charge >= 0.3 is 12.2 Å². The third-order valence-corrected chi connectivity index (χ3v) is 9.11. The first-order valence-corrected chi connectivity index (χ1v) is 20.3. The van der Waals surface area contributed by atoms with E-state index in [-0.39, 0.29) is 25.6 Å². The Morgan fingerprint density at radius 1 is 0.531 bits per heavy atom. The molecule has 0 radical (unpaired) electrons. The molecule has 0 aromatic heterocycles. The van der Waals surface area contributed by atoms with Crippen LogP contribution >= 0.6 is 0 Å². The van der Waals surface area contributed by atoms with Crippen LogP contribution in [0.5, 0.6) is 0 Å². The minimum Gasteiger partial charge on any atom is -0.465 e. The van der Waals surface area contributed by atoms with E-state index < -0.39 is 24.1 Å². The van der Waals surface area contributed by atoms with Crippen LogP contribution in [0.2, 0.25) is 0 Å². The van der Waals surface area contributed by atoms with E-state index in [1.807, 2.05) is 0 Å². The number of carbonyl (C=O) groups excluding carboxylic acids is 1. The minimum atomic E-state index is -1.27. The Morgan fingerprint density at radius 2 is 0.980 bits per heavy atom. The molecule has 0 spiro atoms. The van der Waals surface area contributed by atoms with Crippen molar-refractivity contribution in [1.29, 1.82) is 0 Å². The highest BCUT2D eigenvalue weighted by Crippen LogP contribution is 2.14. The van der Waals surface area contributed by atoms with Crippen LogP contribution in [-0.4, -0.2) is 73.4 Å². The van der Waals surface area contributed by atoms with Crippen LogP contribution in [0.4, 0.5) is 9.59 Å². The van der Waals surface area contributed by atoms with Gasteiger partial charge in [0.2, 0.25) is 5.91 Å². The molecule has 10 heteroatoms. The van der Waals surface area contributed by atoms with Gasteiger partial charge in [-0.3, -0.25) is 4.79 Å². The molecule has 0 fully saturated rings. The molecule has 49 heavy (non-hydrogen) atoms. The van der Waals surface area contributed by atoms with Crippen molar-refractivity contribution in [2.24, 2.45) is 0 Å². The smallest absolute Gasteiger partial charge is 0.405 e. The van der Waals surface area contributed by atoms with E-state index in [0.717, 1.165) is 25.7 Å². The molecule has 290 valence electrons. The van der Waals surface area contributed by atoms with Crippen molar-refractivity contribution in [3.8, 4) is 0 Å². The van der Waals surface area contributed by atoms with Gasteiger partial charge in [-0.15, -0.1) is 0 Å². The predicted octanol–water partition coefficient (Wildman–Crippen LogP) is 9.98. The zero-order valence-electron chi connectivity index (χ0n) is 31.7. The van der Waals surface area contributed by atoms with Crippen molar-refractivity contribution in [1.82, 2.24) is 16.0 Å². The molecule has 0 aliphatic heterocycles. The summed E-state index contributed by atoms with van der Waals surface area (Å²) in [6.45, 7) is 6.66. The van der Waals surface area contributed by atoms with E-state index in [1.54, 1.807) is 0 Å². The van der Waals surface area contributed by atoms with Gasteiger partial charge in [0.25, 0.3) is 0 Å². The second kappa shape index (κ2) is 37.2. The number of hydrogen-bond acceptors (Lipinski definition) is 5. The van der Waals surface area contributed by atoms with Gasteiger partial charge in [0.15, 0.2) is 0 Å². The van der Waals surface area contributed by atoms with Crippen molar-refractivity contribution < 1.29 is 34.1 Å². The molecule has 0 aromatic carbocycles. The number of carboxylic acid groups (broad SMARTS) is 2. The van der Waals surface area contributed by atoms with Gasteiger partial charge in [0.05, 0.1) is 12.7 Å². The fraction of sp³-hybridized carbons (Fsp3) is 0.923. The Hall–Kier alpha value is -2.07. The second-order valence-corrected chi connectivity index (χ2v) is 13.8. The molecule has 1 unspecified atom stereocenters. The first-order chi connectivity index (χ1) is 23.9. The van der Waals surface area contributed by atoms with Crippen LogP contribution in [0.3, 0.4) is 0 Å². The molecule has 0 aliphatic carbocycles. The van der Waals surface area contributed by atoms with Gasteiger partial charge in [0.1, 0.15) is 6.04 Å². The molecule has 0 saturated carbocycles. The van der Waals surface area contributed by atoms with Crippen LogP contribution < -0.4 is 16.0 Å². The summed E-state index contributed by atoms with van der Waals surface area (Å²) in [5.41, 5.74) is 0. The van der Waals surface area contributed by atoms with E-state index in [2.05, 4.69) is 29.8 Å². The van der Waals surface area contributed by atoms with Crippen LogP contribution in [0, 0.1) is 0 Å². The van der Waals surface area contributed by atoms with Gasteiger partial charge in [-0.1, -0.05) is 155 Å². The highest BCUT2D eigenvalue weighted by Gasteiger charge is 2.21. The van der Waals surface area contributed by atoms with E-state index in [9.17, 15) is 19.5 Å². The molecule has 0 heterocycles. The Balaban J connectivity index is 4.44. The van der Waals surface area contributed by atoms with E-state index >= 15 is 0 Å². The second-order valence-electron chi connectivity index (χ2n) is 13.8. The lowest BCUT2D eigenvalue weighted by atomic mass is 10.1. The Morgan fingerprint density at radius 3 is 1.43 bits per heavy atom. The Labute approximate surface area is 300 Å². The van der Waals surface area contributed by atoms with Crippen LogP contribution in [0.25, 0.3) is 0 Å². The zero-order chi connectivity index (χ0) is 36.0.